The summed E-state index contributed by atoms with van der Waals surface area (Å²) < 4.78 is 5.88. The number of rotatable bonds is 13. The fourth-order valence-electron chi connectivity index (χ4n) is 6.45. The number of unbranched alkanes of at least 4 members (excludes halogenated alkanes) is 3. The maximum absolute atomic E-state index is 13.7. The summed E-state index contributed by atoms with van der Waals surface area (Å²) in [6, 6.07) is 15.7. The molecule has 11 nitrogen and oxygen atoms in total. The first-order valence-corrected chi connectivity index (χ1v) is 15.8. The summed E-state index contributed by atoms with van der Waals surface area (Å²) in [7, 11) is 0. The van der Waals surface area contributed by atoms with Crippen molar-refractivity contribution in [1.29, 1.82) is 5.26 Å². The Kier molecular flexibility index (Phi) is 10.4. The number of benzene rings is 2. The second-order valence-corrected chi connectivity index (χ2v) is 12.1. The number of hydrogen-bond donors (Lipinski definition) is 2. The van der Waals surface area contributed by atoms with E-state index in [0.29, 0.717) is 11.5 Å². The topological polar surface area (TPSA) is 151 Å². The quantitative estimate of drug-likeness (QED) is 0.199. The standard InChI is InChI=1S/C35H42N4O7/c1-5-7-8-9-21-46-27-15-13-26(14-16-27)37-20-18-25-22-24(12-17-29(25)37)11-10-19-34(3)31(42)38(6-2)35(4,28(23-36)30(40)41)39(32(34)43)33(44)45/h10-17,22,28H,5-9,18-21H2,1-4H3,(H,40,41)(H,44,45)/b11-10+. The highest BCUT2D eigenvalue weighted by Crippen LogP contribution is 2.43. The zero-order valence-corrected chi connectivity index (χ0v) is 26.9. The molecule has 2 aliphatic rings. The van der Waals surface area contributed by atoms with Crippen LogP contribution in [0.3, 0.4) is 0 Å². The van der Waals surface area contributed by atoms with Crippen LogP contribution in [0.15, 0.2) is 48.5 Å². The van der Waals surface area contributed by atoms with Gasteiger partial charge in [0.1, 0.15) is 11.2 Å². The van der Waals surface area contributed by atoms with Crippen LogP contribution in [-0.4, -0.2) is 69.2 Å². The fourth-order valence-corrected chi connectivity index (χ4v) is 6.45. The summed E-state index contributed by atoms with van der Waals surface area (Å²) in [6.07, 6.45) is 7.05. The highest BCUT2D eigenvalue weighted by molar-refractivity contribution is 6.12. The van der Waals surface area contributed by atoms with Crippen LogP contribution in [0.5, 0.6) is 5.75 Å². The molecule has 2 aromatic carbocycles. The molecule has 2 heterocycles. The molecule has 11 heteroatoms. The number of ether oxygens (including phenoxy) is 1. The predicted octanol–water partition coefficient (Wildman–Crippen LogP) is 6.06. The van der Waals surface area contributed by atoms with Crippen LogP contribution in [0.2, 0.25) is 0 Å². The molecule has 0 spiro atoms. The summed E-state index contributed by atoms with van der Waals surface area (Å²) in [6.45, 7) is 7.64. The number of amides is 3. The van der Waals surface area contributed by atoms with Crippen molar-refractivity contribution in [3.05, 3.63) is 59.7 Å². The summed E-state index contributed by atoms with van der Waals surface area (Å²) in [5.41, 5.74) is 0.133. The van der Waals surface area contributed by atoms with Crippen LogP contribution in [0.4, 0.5) is 16.2 Å². The fraction of sp³-hybridized carbons (Fsp3) is 0.457. The normalized spacial score (nSPS) is 21.8. The van der Waals surface area contributed by atoms with Gasteiger partial charge in [0.2, 0.25) is 11.8 Å². The van der Waals surface area contributed by atoms with E-state index in [1.165, 1.54) is 26.2 Å². The van der Waals surface area contributed by atoms with Crippen LogP contribution < -0.4 is 9.64 Å². The predicted molar refractivity (Wildman–Crippen MR) is 172 cm³/mol. The number of nitrogens with zero attached hydrogens (tertiary/aromatic N) is 4. The van der Waals surface area contributed by atoms with Crippen molar-refractivity contribution >= 4 is 41.3 Å². The number of carbonyl (C=O) groups is 4. The van der Waals surface area contributed by atoms with Crippen LogP contribution >= 0.6 is 0 Å². The summed E-state index contributed by atoms with van der Waals surface area (Å²) in [5, 5.41) is 29.3. The molecule has 0 bridgehead atoms. The van der Waals surface area contributed by atoms with E-state index in [1.54, 1.807) is 25.1 Å². The van der Waals surface area contributed by atoms with E-state index in [2.05, 4.69) is 30.0 Å². The number of fused-ring (bicyclic) bond motifs is 1. The molecule has 2 aliphatic heterocycles. The molecule has 1 fully saturated rings. The molecule has 244 valence electrons. The molecule has 3 atom stereocenters. The van der Waals surface area contributed by atoms with Crippen molar-refractivity contribution in [3.63, 3.8) is 0 Å². The van der Waals surface area contributed by atoms with Gasteiger partial charge < -0.3 is 24.7 Å². The van der Waals surface area contributed by atoms with Crippen molar-refractivity contribution in [2.45, 2.75) is 71.9 Å². The van der Waals surface area contributed by atoms with Gasteiger partial charge in [-0.05, 0) is 87.6 Å². The number of anilines is 2. The van der Waals surface area contributed by atoms with Crippen molar-refractivity contribution in [1.82, 2.24) is 9.80 Å². The molecule has 3 amide bonds. The van der Waals surface area contributed by atoms with Gasteiger partial charge in [-0.3, -0.25) is 14.4 Å². The first-order valence-electron chi connectivity index (χ1n) is 15.8. The molecule has 2 aromatic rings. The van der Waals surface area contributed by atoms with E-state index < -0.39 is 40.9 Å². The lowest BCUT2D eigenvalue weighted by Gasteiger charge is -2.54. The molecule has 46 heavy (non-hydrogen) atoms. The maximum Gasteiger partial charge on any atom is 0.416 e. The van der Waals surface area contributed by atoms with Crippen molar-refractivity contribution in [2.75, 3.05) is 24.6 Å². The number of nitriles is 1. The van der Waals surface area contributed by atoms with Gasteiger partial charge in [0.05, 0.1) is 12.7 Å². The Balaban J connectivity index is 1.49. The minimum absolute atomic E-state index is 0.104. The number of imide groups is 1. The number of carboxylic acids is 1. The van der Waals surface area contributed by atoms with Crippen LogP contribution in [0, 0.1) is 22.7 Å². The van der Waals surface area contributed by atoms with Crippen molar-refractivity contribution < 1.29 is 34.1 Å². The number of carbonyl (C=O) groups excluding carboxylic acids is 2. The van der Waals surface area contributed by atoms with Gasteiger partial charge in [0.15, 0.2) is 11.6 Å². The Bertz CT molecular complexity index is 1550. The van der Waals surface area contributed by atoms with Crippen LogP contribution in [-0.2, 0) is 20.8 Å². The average molecular weight is 631 g/mol. The lowest BCUT2D eigenvalue weighted by Crippen LogP contribution is -2.76. The molecule has 0 saturated carbocycles. The number of carboxylic acid groups (broad SMARTS) is 2. The lowest BCUT2D eigenvalue weighted by molar-refractivity contribution is -0.188. The van der Waals surface area contributed by atoms with Gasteiger partial charge in [0.25, 0.3) is 0 Å². The molecule has 2 N–H and O–H groups in total. The third-order valence-corrected chi connectivity index (χ3v) is 9.07. The Labute approximate surface area is 269 Å². The first kappa shape index (κ1) is 34.0. The molecule has 4 rings (SSSR count). The van der Waals surface area contributed by atoms with Gasteiger partial charge in [0, 0.05) is 24.5 Å². The largest absolute Gasteiger partial charge is 0.494 e. The number of aliphatic carboxylic acids is 1. The van der Waals surface area contributed by atoms with E-state index in [9.17, 15) is 34.7 Å². The smallest absolute Gasteiger partial charge is 0.416 e. The Hall–Kier alpha value is -4.85. The Morgan fingerprint density at radius 2 is 1.76 bits per heavy atom. The highest BCUT2D eigenvalue weighted by Gasteiger charge is 2.64. The zero-order valence-electron chi connectivity index (χ0n) is 26.9. The van der Waals surface area contributed by atoms with E-state index >= 15 is 0 Å². The summed E-state index contributed by atoms with van der Waals surface area (Å²) >= 11 is 0. The Morgan fingerprint density at radius 1 is 1.04 bits per heavy atom. The van der Waals surface area contributed by atoms with Crippen molar-refractivity contribution in [3.8, 4) is 11.8 Å². The molecular formula is C35H42N4O7. The number of hydrogen-bond acceptors (Lipinski definition) is 7. The molecule has 1 saturated heterocycles. The van der Waals surface area contributed by atoms with E-state index in [4.69, 9.17) is 4.74 Å². The van der Waals surface area contributed by atoms with E-state index in [0.717, 1.165) is 59.5 Å². The highest BCUT2D eigenvalue weighted by atomic mass is 16.5. The average Bonchev–Trinajstić information content (AvgIpc) is 3.44. The SMILES string of the molecule is CCCCCCOc1ccc(N2CCc3cc(/C=C/CC4(C)C(=O)N(CC)C(C)(C(C#N)C(=O)O)N(C(=O)O)C4=O)ccc32)cc1. The van der Waals surface area contributed by atoms with E-state index in [1.807, 2.05) is 24.3 Å². The van der Waals surface area contributed by atoms with E-state index in [-0.39, 0.29) is 13.0 Å². The lowest BCUT2D eigenvalue weighted by atomic mass is 9.76. The number of allylic oxidation sites excluding steroid dienone is 1. The Morgan fingerprint density at radius 3 is 2.37 bits per heavy atom. The monoisotopic (exact) mass is 630 g/mol. The molecule has 0 aliphatic carbocycles. The van der Waals surface area contributed by atoms with Crippen molar-refractivity contribution in [2.24, 2.45) is 11.3 Å². The maximum atomic E-state index is 13.7. The molecular weight excluding hydrogens is 588 g/mol. The minimum atomic E-state index is -2.22. The molecule has 3 unspecified atom stereocenters. The molecule has 0 radical (unpaired) electrons. The third-order valence-electron chi connectivity index (χ3n) is 9.07. The van der Waals surface area contributed by atoms with Gasteiger partial charge in [-0.1, -0.05) is 44.4 Å². The van der Waals surface area contributed by atoms with Crippen LogP contribution in [0.25, 0.3) is 6.08 Å². The second-order valence-electron chi connectivity index (χ2n) is 12.1. The molecule has 0 aromatic heterocycles. The van der Waals surface area contributed by atoms with Gasteiger partial charge in [-0.15, -0.1) is 0 Å². The minimum Gasteiger partial charge on any atom is -0.494 e. The third kappa shape index (κ3) is 6.29. The van der Waals surface area contributed by atoms with Crippen LogP contribution in [0.1, 0.15) is 70.9 Å². The zero-order chi connectivity index (χ0) is 33.6. The van der Waals surface area contributed by atoms with Gasteiger partial charge in [-0.25, -0.2) is 9.69 Å². The second kappa shape index (κ2) is 14.1. The van der Waals surface area contributed by atoms with Gasteiger partial charge in [-0.2, -0.15) is 5.26 Å². The summed E-state index contributed by atoms with van der Waals surface area (Å²) in [5.74, 6) is -4.56. The van der Waals surface area contributed by atoms with Gasteiger partial charge >= 0.3 is 12.1 Å². The first-order chi connectivity index (χ1) is 21.9. The summed E-state index contributed by atoms with van der Waals surface area (Å²) in [4.78, 5) is 55.2.